The van der Waals surface area contributed by atoms with Gasteiger partial charge in [0, 0.05) is 0 Å². The summed E-state index contributed by atoms with van der Waals surface area (Å²) in [7, 11) is 5.04. The largest absolute Gasteiger partial charge is 0.423 e. The molecule has 40 valence electrons. The van der Waals surface area contributed by atoms with Crippen molar-refractivity contribution < 1.29 is 0 Å². The normalized spacial score (nSPS) is 9.12. The van der Waals surface area contributed by atoms with Crippen LogP contribution in [0, 0.1) is 6.92 Å². The predicted octanol–water partition coefficient (Wildman–Crippen LogP) is 0.214. The molecule has 0 spiro atoms. The second kappa shape index (κ2) is 1.90. The summed E-state index contributed by atoms with van der Waals surface area (Å²) in [6.07, 6.45) is 1.63. The second-order valence-electron chi connectivity index (χ2n) is 1.53. The summed E-state index contributed by atoms with van der Waals surface area (Å²) in [4.78, 5) is 6.77. The van der Waals surface area contributed by atoms with Crippen LogP contribution in [0.1, 0.15) is 5.82 Å². The molecule has 1 aromatic rings. The van der Waals surface area contributed by atoms with Crippen LogP contribution in [0.2, 0.25) is 0 Å². The molecule has 0 atom stereocenters. The number of aromatic amines is 1. The van der Waals surface area contributed by atoms with Crippen molar-refractivity contribution in [2.75, 3.05) is 5.23 Å². The number of imidazole rings is 1. The maximum Gasteiger partial charge on any atom is 0.224 e. The van der Waals surface area contributed by atoms with E-state index in [1.165, 1.54) is 0 Å². The monoisotopic (exact) mass is 107 g/mol. The molecule has 0 aliphatic carbocycles. The summed E-state index contributed by atoms with van der Waals surface area (Å²) in [5.41, 5.74) is 0. The molecule has 0 aliphatic heterocycles. The Morgan fingerprint density at radius 2 is 2.62 bits per heavy atom. The van der Waals surface area contributed by atoms with Crippen molar-refractivity contribution in [2.45, 2.75) is 6.92 Å². The van der Waals surface area contributed by atoms with Gasteiger partial charge in [0.1, 0.15) is 11.6 Å². The Morgan fingerprint density at radius 3 is 2.88 bits per heavy atom. The van der Waals surface area contributed by atoms with Gasteiger partial charge in [-0.3, -0.25) is 0 Å². The quantitative estimate of drug-likeness (QED) is 0.503. The van der Waals surface area contributed by atoms with Gasteiger partial charge in [0.25, 0.3) is 0 Å². The van der Waals surface area contributed by atoms with Crippen molar-refractivity contribution in [2.24, 2.45) is 0 Å². The van der Waals surface area contributed by atoms with E-state index < -0.39 is 0 Å². The first kappa shape index (κ1) is 5.22. The van der Waals surface area contributed by atoms with E-state index in [0.29, 0.717) is 0 Å². The van der Waals surface area contributed by atoms with Crippen molar-refractivity contribution in [1.82, 2.24) is 9.97 Å². The Morgan fingerprint density at radius 1 is 1.88 bits per heavy atom. The third kappa shape index (κ3) is 0.830. The number of nitrogens with one attached hydrogen (secondary N) is 2. The molecule has 3 nitrogen and oxygen atoms in total. The van der Waals surface area contributed by atoms with Gasteiger partial charge in [-0.15, -0.1) is 0 Å². The Labute approximate surface area is 48.9 Å². The van der Waals surface area contributed by atoms with Gasteiger partial charge < -0.3 is 10.2 Å². The lowest BCUT2D eigenvalue weighted by Gasteiger charge is -1.87. The summed E-state index contributed by atoms with van der Waals surface area (Å²) < 4.78 is 0. The smallest absolute Gasteiger partial charge is 0.224 e. The number of aryl methyl sites for hydroxylation is 1. The highest BCUT2D eigenvalue weighted by Gasteiger charge is 1.87. The topological polar surface area (TPSA) is 40.7 Å². The molecule has 1 heterocycles. The fourth-order valence-electron chi connectivity index (χ4n) is 0.494. The van der Waals surface area contributed by atoms with Crippen LogP contribution in [-0.2, 0) is 0 Å². The molecular formula is C4H6BN3. The SMILES string of the molecule is [B]Nc1cnc(C)[nH]1. The van der Waals surface area contributed by atoms with Crippen LogP contribution in [0.25, 0.3) is 0 Å². The minimum absolute atomic E-state index is 0.738. The molecule has 0 aliphatic rings. The number of anilines is 1. The van der Waals surface area contributed by atoms with Crippen LogP contribution in [0.5, 0.6) is 0 Å². The summed E-state index contributed by atoms with van der Waals surface area (Å²) in [6.45, 7) is 1.86. The molecule has 0 fully saturated rings. The lowest BCUT2D eigenvalue weighted by molar-refractivity contribution is 1.15. The van der Waals surface area contributed by atoms with Gasteiger partial charge in [0.05, 0.1) is 6.20 Å². The average molecular weight is 107 g/mol. The molecule has 0 unspecified atom stereocenters. The zero-order valence-electron chi connectivity index (χ0n) is 4.60. The third-order valence-electron chi connectivity index (χ3n) is 0.858. The lowest BCUT2D eigenvalue weighted by Crippen LogP contribution is -1.88. The van der Waals surface area contributed by atoms with E-state index in [1.807, 2.05) is 6.92 Å². The number of rotatable bonds is 1. The number of hydrogen-bond donors (Lipinski definition) is 2. The Hall–Kier alpha value is -0.925. The number of H-pyrrole nitrogens is 1. The number of hydrogen-bond acceptors (Lipinski definition) is 2. The highest BCUT2D eigenvalue weighted by Crippen LogP contribution is 1.98. The lowest BCUT2D eigenvalue weighted by atomic mass is 10.4. The highest BCUT2D eigenvalue weighted by atomic mass is 15.0. The van der Waals surface area contributed by atoms with E-state index in [9.17, 15) is 0 Å². The summed E-state index contributed by atoms with van der Waals surface area (Å²) in [5.74, 6) is 1.60. The number of aromatic nitrogens is 2. The molecule has 0 saturated carbocycles. The van der Waals surface area contributed by atoms with E-state index in [-0.39, 0.29) is 0 Å². The number of nitrogens with zero attached hydrogens (tertiary/aromatic N) is 1. The van der Waals surface area contributed by atoms with Gasteiger partial charge in [-0.05, 0) is 6.92 Å². The predicted molar refractivity (Wildman–Crippen MR) is 32.7 cm³/mol. The van der Waals surface area contributed by atoms with Gasteiger partial charge >= 0.3 is 0 Å². The molecule has 0 aromatic carbocycles. The fraction of sp³-hybridized carbons (Fsp3) is 0.250. The first-order chi connectivity index (χ1) is 3.83. The van der Waals surface area contributed by atoms with Gasteiger partial charge in [0.2, 0.25) is 7.98 Å². The highest BCUT2D eigenvalue weighted by molar-refractivity contribution is 6.15. The first-order valence-corrected chi connectivity index (χ1v) is 2.31. The molecular weight excluding hydrogens is 101 g/mol. The molecule has 8 heavy (non-hydrogen) atoms. The van der Waals surface area contributed by atoms with E-state index in [4.69, 9.17) is 7.98 Å². The molecule has 1 aromatic heterocycles. The average Bonchev–Trinajstić information content (AvgIpc) is 2.14. The molecule has 2 N–H and O–H groups in total. The maximum absolute atomic E-state index is 5.04. The summed E-state index contributed by atoms with van der Waals surface area (Å²) >= 11 is 0. The zero-order chi connectivity index (χ0) is 5.98. The van der Waals surface area contributed by atoms with Crippen LogP contribution >= 0.6 is 0 Å². The van der Waals surface area contributed by atoms with Crippen molar-refractivity contribution in [3.05, 3.63) is 12.0 Å². The van der Waals surface area contributed by atoms with Gasteiger partial charge in [-0.1, -0.05) is 0 Å². The Kier molecular flexibility index (Phi) is 1.24. The second-order valence-corrected chi connectivity index (χ2v) is 1.53. The molecule has 1 rings (SSSR count). The van der Waals surface area contributed by atoms with E-state index in [1.54, 1.807) is 6.20 Å². The van der Waals surface area contributed by atoms with Gasteiger partial charge in [0.15, 0.2) is 0 Å². The van der Waals surface area contributed by atoms with Crippen LogP contribution in [0.3, 0.4) is 0 Å². The standard InChI is InChI=1S/C4H6BN3/c1-3-6-2-4(7-3)8-5/h2,8H,1H3,(H,6,7). The van der Waals surface area contributed by atoms with Crippen molar-refractivity contribution in [1.29, 1.82) is 0 Å². The van der Waals surface area contributed by atoms with Crippen molar-refractivity contribution >= 4 is 13.8 Å². The van der Waals surface area contributed by atoms with Crippen molar-refractivity contribution in [3.63, 3.8) is 0 Å². The van der Waals surface area contributed by atoms with Gasteiger partial charge in [-0.25, -0.2) is 4.98 Å². The molecule has 2 radical (unpaired) electrons. The van der Waals surface area contributed by atoms with E-state index in [0.717, 1.165) is 11.6 Å². The first-order valence-electron chi connectivity index (χ1n) is 2.31. The third-order valence-corrected chi connectivity index (χ3v) is 0.858. The molecule has 0 saturated heterocycles. The van der Waals surface area contributed by atoms with E-state index in [2.05, 4.69) is 15.2 Å². The maximum atomic E-state index is 5.04. The fourth-order valence-corrected chi connectivity index (χ4v) is 0.494. The van der Waals surface area contributed by atoms with Gasteiger partial charge in [-0.2, -0.15) is 0 Å². The van der Waals surface area contributed by atoms with Crippen molar-refractivity contribution in [3.8, 4) is 0 Å². The van der Waals surface area contributed by atoms with Crippen LogP contribution in [0.15, 0.2) is 6.20 Å². The minimum Gasteiger partial charge on any atom is -0.423 e. The Balaban J connectivity index is 2.84. The Bertz CT molecular complexity index is 172. The minimum atomic E-state index is 0.738. The summed E-state index contributed by atoms with van der Waals surface area (Å²) in [6, 6.07) is 0. The van der Waals surface area contributed by atoms with Crippen LogP contribution < -0.4 is 5.23 Å². The molecule has 4 heteroatoms. The van der Waals surface area contributed by atoms with Crippen LogP contribution in [-0.4, -0.2) is 17.9 Å². The molecule has 0 amide bonds. The zero-order valence-corrected chi connectivity index (χ0v) is 4.60. The molecule has 0 bridgehead atoms. The van der Waals surface area contributed by atoms with E-state index >= 15 is 0 Å². The van der Waals surface area contributed by atoms with Crippen LogP contribution in [0.4, 0.5) is 5.82 Å². The summed E-state index contributed by atoms with van der Waals surface area (Å²) in [5, 5.41) is 2.43.